The van der Waals surface area contributed by atoms with Crippen molar-refractivity contribution in [3.8, 4) is 0 Å². The molecule has 1 saturated heterocycles. The topological polar surface area (TPSA) is 36.1 Å². The minimum absolute atomic E-state index is 0.130. The predicted molar refractivity (Wildman–Crippen MR) is 106 cm³/mol. The molecule has 0 bridgehead atoms. The van der Waals surface area contributed by atoms with Crippen LogP contribution in [0.3, 0.4) is 0 Å². The van der Waals surface area contributed by atoms with Gasteiger partial charge in [0, 0.05) is 23.4 Å². The van der Waals surface area contributed by atoms with E-state index in [1.165, 1.54) is 11.1 Å². The van der Waals surface area contributed by atoms with Gasteiger partial charge in [-0.05, 0) is 57.0 Å². The first kappa shape index (κ1) is 17.0. The lowest BCUT2D eigenvalue weighted by molar-refractivity contribution is 0.0903. The van der Waals surface area contributed by atoms with Crippen LogP contribution in [0.15, 0.2) is 54.6 Å². The van der Waals surface area contributed by atoms with Gasteiger partial charge in [0.1, 0.15) is 0 Å². The van der Waals surface area contributed by atoms with Crippen molar-refractivity contribution < 1.29 is 4.79 Å². The molecule has 3 nitrogen and oxygen atoms in total. The third kappa shape index (κ3) is 3.73. The summed E-state index contributed by atoms with van der Waals surface area (Å²) < 4.78 is 0. The zero-order valence-electron chi connectivity index (χ0n) is 15.4. The van der Waals surface area contributed by atoms with Crippen LogP contribution in [0.4, 0.5) is 0 Å². The van der Waals surface area contributed by atoms with Crippen LogP contribution in [0, 0.1) is 12.8 Å². The Morgan fingerprint density at radius 2 is 1.96 bits per heavy atom. The number of aryl methyl sites for hydroxylation is 1. The number of Topliss-reactive ketones (excluding diaryl/α,β-unsaturated/α-hetero) is 1. The van der Waals surface area contributed by atoms with Gasteiger partial charge >= 0.3 is 0 Å². The van der Waals surface area contributed by atoms with E-state index in [9.17, 15) is 4.79 Å². The SMILES string of the molecule is Cc1cccc(CN2CCCC(C(=O)c3cc4ccccc4[nH]3)CC2)c1. The molecule has 1 unspecified atom stereocenters. The first-order chi connectivity index (χ1) is 12.7. The first-order valence-corrected chi connectivity index (χ1v) is 9.59. The van der Waals surface area contributed by atoms with Crippen molar-refractivity contribution in [2.24, 2.45) is 5.92 Å². The molecule has 2 aromatic carbocycles. The highest BCUT2D eigenvalue weighted by atomic mass is 16.1. The summed E-state index contributed by atoms with van der Waals surface area (Å²) in [4.78, 5) is 18.8. The van der Waals surface area contributed by atoms with Crippen molar-refractivity contribution in [1.82, 2.24) is 9.88 Å². The maximum absolute atomic E-state index is 13.0. The number of ketones is 1. The predicted octanol–water partition coefficient (Wildman–Crippen LogP) is 4.96. The van der Waals surface area contributed by atoms with Gasteiger partial charge in [-0.3, -0.25) is 9.69 Å². The monoisotopic (exact) mass is 346 g/mol. The number of benzene rings is 2. The molecule has 0 aliphatic carbocycles. The summed E-state index contributed by atoms with van der Waals surface area (Å²) in [5.74, 6) is 0.407. The Labute approximate surface area is 155 Å². The van der Waals surface area contributed by atoms with E-state index in [0.29, 0.717) is 0 Å². The maximum Gasteiger partial charge on any atom is 0.182 e. The smallest absolute Gasteiger partial charge is 0.182 e. The summed E-state index contributed by atoms with van der Waals surface area (Å²) in [6, 6.07) is 18.8. The van der Waals surface area contributed by atoms with Crippen molar-refractivity contribution in [3.05, 3.63) is 71.4 Å². The molecule has 0 amide bonds. The fourth-order valence-corrected chi connectivity index (χ4v) is 4.07. The number of likely N-dealkylation sites (tertiary alicyclic amines) is 1. The Balaban J connectivity index is 1.42. The van der Waals surface area contributed by atoms with Crippen LogP contribution >= 0.6 is 0 Å². The molecule has 1 atom stereocenters. The normalized spacial score (nSPS) is 18.7. The summed E-state index contributed by atoms with van der Waals surface area (Å²) in [7, 11) is 0. The second-order valence-corrected chi connectivity index (χ2v) is 7.53. The second kappa shape index (κ2) is 7.46. The largest absolute Gasteiger partial charge is 0.352 e. The van der Waals surface area contributed by atoms with Crippen molar-refractivity contribution in [2.45, 2.75) is 32.7 Å². The Bertz CT molecular complexity index is 878. The number of para-hydroxylation sites is 1. The number of carbonyl (C=O) groups is 1. The molecule has 3 heteroatoms. The van der Waals surface area contributed by atoms with Crippen molar-refractivity contribution in [1.29, 1.82) is 0 Å². The average molecular weight is 346 g/mol. The molecule has 0 radical (unpaired) electrons. The van der Waals surface area contributed by atoms with Gasteiger partial charge in [-0.1, -0.05) is 48.0 Å². The fourth-order valence-electron chi connectivity index (χ4n) is 4.07. The third-order valence-electron chi connectivity index (χ3n) is 5.48. The fraction of sp³-hybridized carbons (Fsp3) is 0.348. The van der Waals surface area contributed by atoms with Crippen LogP contribution < -0.4 is 0 Å². The van der Waals surface area contributed by atoms with E-state index in [4.69, 9.17) is 0 Å². The van der Waals surface area contributed by atoms with Gasteiger partial charge in [0.15, 0.2) is 5.78 Å². The number of nitrogens with one attached hydrogen (secondary N) is 1. The highest BCUT2D eigenvalue weighted by molar-refractivity contribution is 6.00. The molecule has 4 rings (SSSR count). The summed E-state index contributed by atoms with van der Waals surface area (Å²) in [6.45, 7) is 5.19. The van der Waals surface area contributed by atoms with Gasteiger partial charge in [-0.25, -0.2) is 0 Å². The number of nitrogens with zero attached hydrogens (tertiary/aromatic N) is 1. The van der Waals surface area contributed by atoms with E-state index in [1.54, 1.807) is 0 Å². The van der Waals surface area contributed by atoms with E-state index in [-0.39, 0.29) is 11.7 Å². The standard InChI is InChI=1S/C23H26N2O/c1-17-6-4-7-18(14-17)16-25-12-5-9-19(11-13-25)23(26)22-15-20-8-2-3-10-21(20)24-22/h2-4,6-8,10,14-15,19,24H,5,9,11-13,16H2,1H3. The lowest BCUT2D eigenvalue weighted by atomic mass is 9.94. The van der Waals surface area contributed by atoms with Crippen LogP contribution in [0.2, 0.25) is 0 Å². The van der Waals surface area contributed by atoms with Crippen LogP contribution in [0.25, 0.3) is 10.9 Å². The average Bonchev–Trinajstić information content (AvgIpc) is 2.94. The Hall–Kier alpha value is -2.39. The number of H-pyrrole nitrogens is 1. The highest BCUT2D eigenvalue weighted by Crippen LogP contribution is 2.24. The number of aromatic amines is 1. The molecule has 2 heterocycles. The molecule has 26 heavy (non-hydrogen) atoms. The van der Waals surface area contributed by atoms with Crippen molar-refractivity contribution >= 4 is 16.7 Å². The molecule has 1 aliphatic rings. The molecule has 0 saturated carbocycles. The number of aromatic nitrogens is 1. The van der Waals surface area contributed by atoms with Gasteiger partial charge in [0.05, 0.1) is 5.69 Å². The summed E-state index contributed by atoms with van der Waals surface area (Å²) >= 11 is 0. The summed E-state index contributed by atoms with van der Waals surface area (Å²) in [5, 5.41) is 1.12. The molecule has 0 spiro atoms. The molecule has 1 N–H and O–H groups in total. The summed E-state index contributed by atoms with van der Waals surface area (Å²) in [5.41, 5.74) is 4.49. The molecule has 3 aromatic rings. The first-order valence-electron chi connectivity index (χ1n) is 9.59. The van der Waals surface area contributed by atoms with E-state index >= 15 is 0 Å². The molecule has 1 aromatic heterocycles. The van der Waals surface area contributed by atoms with Crippen molar-refractivity contribution in [2.75, 3.05) is 13.1 Å². The minimum atomic E-state index is 0.130. The zero-order chi connectivity index (χ0) is 17.9. The van der Waals surface area contributed by atoms with E-state index in [1.807, 2.05) is 24.3 Å². The van der Waals surface area contributed by atoms with Gasteiger partial charge < -0.3 is 4.98 Å². The minimum Gasteiger partial charge on any atom is -0.352 e. The third-order valence-corrected chi connectivity index (χ3v) is 5.48. The van der Waals surface area contributed by atoms with Gasteiger partial charge in [0.2, 0.25) is 0 Å². The summed E-state index contributed by atoms with van der Waals surface area (Å²) in [6.07, 6.45) is 3.01. The Morgan fingerprint density at radius 3 is 2.81 bits per heavy atom. The molecule has 134 valence electrons. The van der Waals surface area contributed by atoms with Crippen LogP contribution in [0.5, 0.6) is 0 Å². The lowest BCUT2D eigenvalue weighted by Gasteiger charge is -2.20. The van der Waals surface area contributed by atoms with Crippen LogP contribution in [-0.2, 0) is 6.54 Å². The number of hydrogen-bond acceptors (Lipinski definition) is 2. The number of hydrogen-bond donors (Lipinski definition) is 1. The molecule has 1 fully saturated rings. The highest BCUT2D eigenvalue weighted by Gasteiger charge is 2.25. The molecule has 1 aliphatic heterocycles. The zero-order valence-corrected chi connectivity index (χ0v) is 15.4. The Morgan fingerprint density at radius 1 is 1.08 bits per heavy atom. The van der Waals surface area contributed by atoms with Gasteiger partial charge in [0.25, 0.3) is 0 Å². The van der Waals surface area contributed by atoms with E-state index in [2.05, 4.69) is 47.1 Å². The second-order valence-electron chi connectivity index (χ2n) is 7.53. The quantitative estimate of drug-likeness (QED) is 0.678. The van der Waals surface area contributed by atoms with Crippen molar-refractivity contribution in [3.63, 3.8) is 0 Å². The number of carbonyl (C=O) groups excluding carboxylic acids is 1. The molecular weight excluding hydrogens is 320 g/mol. The Kier molecular flexibility index (Phi) is 4.89. The van der Waals surface area contributed by atoms with Crippen LogP contribution in [0.1, 0.15) is 40.9 Å². The van der Waals surface area contributed by atoms with E-state index in [0.717, 1.165) is 55.5 Å². The molecular formula is C23H26N2O. The van der Waals surface area contributed by atoms with Gasteiger partial charge in [-0.2, -0.15) is 0 Å². The van der Waals surface area contributed by atoms with Crippen LogP contribution in [-0.4, -0.2) is 28.8 Å². The number of fused-ring (bicyclic) bond motifs is 1. The van der Waals surface area contributed by atoms with E-state index < -0.39 is 0 Å². The number of rotatable bonds is 4. The van der Waals surface area contributed by atoms with Gasteiger partial charge in [-0.15, -0.1) is 0 Å². The lowest BCUT2D eigenvalue weighted by Crippen LogP contribution is -2.25. The maximum atomic E-state index is 13.0.